The summed E-state index contributed by atoms with van der Waals surface area (Å²) in [6.45, 7) is 0. The van der Waals surface area contributed by atoms with E-state index >= 15 is 0 Å². The number of hydrogen-bond donors (Lipinski definition) is 2. The fourth-order valence-corrected chi connectivity index (χ4v) is 13.7. The Bertz CT molecular complexity index is 1620. The van der Waals surface area contributed by atoms with Gasteiger partial charge in [-0.3, -0.25) is 0 Å². The molecule has 0 aromatic heterocycles. The molecule has 0 radical (unpaired) electrons. The van der Waals surface area contributed by atoms with Gasteiger partial charge >= 0.3 is 0 Å². The van der Waals surface area contributed by atoms with Crippen LogP contribution in [-0.2, 0) is 16.2 Å². The van der Waals surface area contributed by atoms with Crippen molar-refractivity contribution in [3.05, 3.63) is 132 Å². The molecule has 2 nitrogen and oxygen atoms in total. The number of phenols is 2. The Labute approximate surface area is 289 Å². The minimum atomic E-state index is 0.322. The lowest BCUT2D eigenvalue weighted by Crippen LogP contribution is -2.55. The normalized spacial score (nSPS) is 37.0. The standard InChI is InChI=1S/C22H24O.C16H19Br.C6H6O/c23-20-8-6-19(7-9-20)22-13-16-10-17(14-22)12-21(11-16,15-22)18-4-2-1-3-5-18;17-16-9-12-6-13(10-16)8-15(7-12,11-16)14-4-2-1-3-5-14;7-6-4-2-1-3-5-6/h1-9,16-17,23H,10-15H2;1-5,12-13H,6-11H2;1-5,7H. The molecule has 8 aliphatic carbocycles. The van der Waals surface area contributed by atoms with E-state index in [2.05, 4.69) is 88.7 Å². The molecular formula is C44H49BrO2. The van der Waals surface area contributed by atoms with Gasteiger partial charge in [-0.15, -0.1) is 0 Å². The average molecular weight is 690 g/mol. The van der Waals surface area contributed by atoms with Gasteiger partial charge in [-0.2, -0.15) is 0 Å². The van der Waals surface area contributed by atoms with Gasteiger partial charge in [-0.25, -0.2) is 0 Å². The molecule has 47 heavy (non-hydrogen) atoms. The Morgan fingerprint density at radius 1 is 0.404 bits per heavy atom. The van der Waals surface area contributed by atoms with E-state index in [4.69, 9.17) is 5.11 Å². The maximum Gasteiger partial charge on any atom is 0.115 e. The maximum absolute atomic E-state index is 9.67. The molecule has 3 heteroatoms. The van der Waals surface area contributed by atoms with Gasteiger partial charge in [-0.05, 0) is 158 Å². The van der Waals surface area contributed by atoms with Crippen LogP contribution in [0.15, 0.2) is 115 Å². The predicted molar refractivity (Wildman–Crippen MR) is 195 cm³/mol. The van der Waals surface area contributed by atoms with Crippen LogP contribution in [0.1, 0.15) is 93.7 Å². The van der Waals surface area contributed by atoms with Gasteiger partial charge in [0.05, 0.1) is 0 Å². The van der Waals surface area contributed by atoms with Crippen molar-refractivity contribution in [2.75, 3.05) is 0 Å². The first-order valence-corrected chi connectivity index (χ1v) is 18.9. The quantitative estimate of drug-likeness (QED) is 0.210. The van der Waals surface area contributed by atoms with Gasteiger partial charge in [0.2, 0.25) is 0 Å². The Balaban J connectivity index is 0.000000118. The second-order valence-electron chi connectivity index (χ2n) is 16.5. The van der Waals surface area contributed by atoms with E-state index in [1.807, 2.05) is 18.2 Å². The lowest BCUT2D eigenvalue weighted by molar-refractivity contribution is -0.0281. The summed E-state index contributed by atoms with van der Waals surface area (Å²) in [5.74, 6) is 4.43. The van der Waals surface area contributed by atoms with Gasteiger partial charge < -0.3 is 10.2 Å². The summed E-state index contributed by atoms with van der Waals surface area (Å²) < 4.78 is 0.479. The first-order valence-electron chi connectivity index (χ1n) is 18.1. The highest BCUT2D eigenvalue weighted by Crippen LogP contribution is 2.67. The molecule has 4 atom stereocenters. The fourth-order valence-electron chi connectivity index (χ4n) is 12.3. The molecule has 2 N–H and O–H groups in total. The van der Waals surface area contributed by atoms with Crippen molar-refractivity contribution in [2.45, 2.75) is 97.6 Å². The Kier molecular flexibility index (Phi) is 8.06. The van der Waals surface area contributed by atoms with Crippen molar-refractivity contribution in [3.63, 3.8) is 0 Å². The predicted octanol–water partition coefficient (Wildman–Crippen LogP) is 11.2. The highest BCUT2D eigenvalue weighted by atomic mass is 79.9. The molecule has 4 unspecified atom stereocenters. The van der Waals surface area contributed by atoms with Crippen LogP contribution in [0.25, 0.3) is 0 Å². The van der Waals surface area contributed by atoms with Crippen molar-refractivity contribution >= 4 is 15.9 Å². The van der Waals surface area contributed by atoms with Crippen LogP contribution in [0.5, 0.6) is 11.5 Å². The molecule has 0 spiro atoms. The van der Waals surface area contributed by atoms with Crippen LogP contribution in [0.3, 0.4) is 0 Å². The summed E-state index contributed by atoms with van der Waals surface area (Å²) in [5.41, 5.74) is 5.88. The van der Waals surface area contributed by atoms with Crippen LogP contribution in [-0.4, -0.2) is 14.5 Å². The summed E-state index contributed by atoms with van der Waals surface area (Å²) >= 11 is 4.09. The lowest BCUT2D eigenvalue weighted by Gasteiger charge is -2.62. The number of para-hydroxylation sites is 1. The highest BCUT2D eigenvalue weighted by molar-refractivity contribution is 9.10. The van der Waals surface area contributed by atoms with Crippen molar-refractivity contribution in [3.8, 4) is 11.5 Å². The topological polar surface area (TPSA) is 40.5 Å². The van der Waals surface area contributed by atoms with Gasteiger partial charge in [0.25, 0.3) is 0 Å². The van der Waals surface area contributed by atoms with E-state index < -0.39 is 0 Å². The van der Waals surface area contributed by atoms with Gasteiger partial charge in [0, 0.05) is 4.32 Å². The third-order valence-corrected chi connectivity index (χ3v) is 14.0. The first-order chi connectivity index (χ1) is 22.7. The molecule has 0 amide bonds. The molecule has 0 saturated heterocycles. The van der Waals surface area contributed by atoms with Crippen molar-refractivity contribution < 1.29 is 10.2 Å². The molecule has 8 saturated carbocycles. The molecule has 4 aromatic rings. The monoisotopic (exact) mass is 688 g/mol. The van der Waals surface area contributed by atoms with E-state index in [1.54, 1.807) is 35.4 Å². The van der Waals surface area contributed by atoms with E-state index in [-0.39, 0.29) is 0 Å². The minimum absolute atomic E-state index is 0.322. The van der Waals surface area contributed by atoms with Gasteiger partial charge in [0.1, 0.15) is 11.5 Å². The Morgan fingerprint density at radius 2 is 0.745 bits per heavy atom. The van der Waals surface area contributed by atoms with Crippen LogP contribution in [0.2, 0.25) is 0 Å². The van der Waals surface area contributed by atoms with Crippen molar-refractivity contribution in [1.29, 1.82) is 0 Å². The van der Waals surface area contributed by atoms with E-state index in [0.29, 0.717) is 32.1 Å². The summed E-state index contributed by atoms with van der Waals surface area (Å²) in [7, 11) is 0. The summed E-state index contributed by atoms with van der Waals surface area (Å²) in [6, 6.07) is 39.4. The van der Waals surface area contributed by atoms with Crippen LogP contribution in [0, 0.1) is 23.7 Å². The molecule has 8 aliphatic rings. The minimum Gasteiger partial charge on any atom is -0.508 e. The smallest absolute Gasteiger partial charge is 0.115 e. The third kappa shape index (κ3) is 6.07. The molecule has 0 aliphatic heterocycles. The lowest BCUT2D eigenvalue weighted by atomic mass is 9.42. The van der Waals surface area contributed by atoms with Gasteiger partial charge in [0.15, 0.2) is 0 Å². The molecule has 244 valence electrons. The number of alkyl halides is 1. The number of benzene rings is 4. The summed E-state index contributed by atoms with van der Waals surface area (Å²) in [5, 5.41) is 18.3. The molecule has 12 rings (SSSR count). The Hall–Kier alpha value is -3.04. The Morgan fingerprint density at radius 3 is 1.13 bits per heavy atom. The highest BCUT2D eigenvalue weighted by Gasteiger charge is 2.59. The zero-order chi connectivity index (χ0) is 32.1. The zero-order valence-electron chi connectivity index (χ0n) is 27.5. The second-order valence-corrected chi connectivity index (χ2v) is 18.2. The summed E-state index contributed by atoms with van der Waals surface area (Å²) in [6.07, 6.45) is 16.8. The first kappa shape index (κ1) is 31.2. The maximum atomic E-state index is 9.67. The van der Waals surface area contributed by atoms with Crippen LogP contribution >= 0.6 is 15.9 Å². The molecule has 0 heterocycles. The third-order valence-electron chi connectivity index (χ3n) is 13.1. The largest absolute Gasteiger partial charge is 0.508 e. The fraction of sp³-hybridized carbons (Fsp3) is 0.455. The number of rotatable bonds is 3. The van der Waals surface area contributed by atoms with Crippen molar-refractivity contribution in [1.82, 2.24) is 0 Å². The average Bonchev–Trinajstić information content (AvgIpc) is 3.05. The van der Waals surface area contributed by atoms with Gasteiger partial charge in [-0.1, -0.05) is 107 Å². The number of aromatic hydroxyl groups is 2. The van der Waals surface area contributed by atoms with Crippen LogP contribution < -0.4 is 0 Å². The molecule has 8 bridgehead atoms. The van der Waals surface area contributed by atoms with Crippen molar-refractivity contribution in [2.24, 2.45) is 23.7 Å². The van der Waals surface area contributed by atoms with E-state index in [9.17, 15) is 5.11 Å². The van der Waals surface area contributed by atoms with Crippen LogP contribution in [0.4, 0.5) is 0 Å². The number of phenolic OH excluding ortho intramolecular Hbond substituents is 2. The number of hydrogen-bond acceptors (Lipinski definition) is 2. The second kappa shape index (κ2) is 12.1. The SMILES string of the molecule is BrC12CC3CC(C1)CC(c1ccccc1)(C3)C2.Oc1ccc(C23CC4CC(CC(c5ccccc5)(C4)C2)C3)cc1.Oc1ccccc1. The summed E-state index contributed by atoms with van der Waals surface area (Å²) in [4.78, 5) is 0. The van der Waals surface area contributed by atoms with E-state index in [0.717, 1.165) is 23.7 Å². The molecule has 8 fully saturated rings. The number of halogens is 1. The molecular weight excluding hydrogens is 640 g/mol. The molecule has 4 aromatic carbocycles. The zero-order valence-corrected chi connectivity index (χ0v) is 29.1. The van der Waals surface area contributed by atoms with E-state index in [1.165, 1.54) is 82.6 Å².